The number of morpholine rings is 1. The third kappa shape index (κ3) is 4.25. The molecular formula is C17H21FN4O2. The Balaban J connectivity index is 1.50. The number of aromatic nitrogens is 2. The largest absolute Gasteiger partial charge is 0.392 e. The van der Waals surface area contributed by atoms with E-state index in [4.69, 9.17) is 9.84 Å². The van der Waals surface area contributed by atoms with Gasteiger partial charge in [0.1, 0.15) is 5.82 Å². The third-order valence-corrected chi connectivity index (χ3v) is 3.93. The average Bonchev–Trinajstić information content (AvgIpc) is 2.63. The van der Waals surface area contributed by atoms with Gasteiger partial charge >= 0.3 is 0 Å². The summed E-state index contributed by atoms with van der Waals surface area (Å²) in [6.07, 6.45) is 3.61. The van der Waals surface area contributed by atoms with Crippen LogP contribution in [0.2, 0.25) is 0 Å². The number of anilines is 1. The molecule has 0 radical (unpaired) electrons. The summed E-state index contributed by atoms with van der Waals surface area (Å²) in [5.41, 5.74) is 2.11. The van der Waals surface area contributed by atoms with Crippen LogP contribution in [0.25, 0.3) is 0 Å². The van der Waals surface area contributed by atoms with Gasteiger partial charge in [-0.1, -0.05) is 12.1 Å². The lowest BCUT2D eigenvalue weighted by Gasteiger charge is -2.26. The van der Waals surface area contributed by atoms with Gasteiger partial charge in [-0.25, -0.2) is 14.4 Å². The number of hydrogen-bond donors (Lipinski definition) is 2. The third-order valence-electron chi connectivity index (χ3n) is 3.93. The Hall–Kier alpha value is -2.09. The lowest BCUT2D eigenvalue weighted by atomic mass is 10.1. The van der Waals surface area contributed by atoms with E-state index in [0.29, 0.717) is 31.9 Å². The number of nitrogens with zero attached hydrogens (tertiary/aromatic N) is 3. The molecule has 2 N–H and O–H groups in total. The van der Waals surface area contributed by atoms with Crippen LogP contribution in [-0.4, -0.2) is 41.4 Å². The first-order valence-electron chi connectivity index (χ1n) is 7.99. The van der Waals surface area contributed by atoms with Gasteiger partial charge in [0.25, 0.3) is 0 Å². The van der Waals surface area contributed by atoms with E-state index >= 15 is 0 Å². The molecular weight excluding hydrogens is 311 g/mol. The first-order chi connectivity index (χ1) is 11.8. The lowest BCUT2D eigenvalue weighted by Crippen LogP contribution is -2.37. The molecule has 0 bridgehead atoms. The Morgan fingerprint density at radius 1 is 1.12 bits per heavy atom. The zero-order chi connectivity index (χ0) is 16.8. The minimum atomic E-state index is -0.380. The van der Waals surface area contributed by atoms with Gasteiger partial charge in [-0.3, -0.25) is 0 Å². The van der Waals surface area contributed by atoms with Crippen molar-refractivity contribution in [3.63, 3.8) is 0 Å². The van der Waals surface area contributed by atoms with Crippen molar-refractivity contribution in [2.75, 3.05) is 31.2 Å². The minimum Gasteiger partial charge on any atom is -0.392 e. The van der Waals surface area contributed by atoms with E-state index in [9.17, 15) is 4.39 Å². The Labute approximate surface area is 140 Å². The van der Waals surface area contributed by atoms with Crippen molar-refractivity contribution in [2.24, 2.45) is 0 Å². The predicted octanol–water partition coefficient (Wildman–Crippen LogP) is 1.23. The summed E-state index contributed by atoms with van der Waals surface area (Å²) in [4.78, 5) is 10.9. The van der Waals surface area contributed by atoms with Crippen LogP contribution in [-0.2, 0) is 24.4 Å². The quantitative estimate of drug-likeness (QED) is 0.829. The zero-order valence-corrected chi connectivity index (χ0v) is 13.4. The fourth-order valence-electron chi connectivity index (χ4n) is 2.55. The Kier molecular flexibility index (Phi) is 5.68. The van der Waals surface area contributed by atoms with E-state index < -0.39 is 0 Å². The summed E-state index contributed by atoms with van der Waals surface area (Å²) in [7, 11) is 0. The van der Waals surface area contributed by atoms with Crippen molar-refractivity contribution < 1.29 is 14.2 Å². The highest BCUT2D eigenvalue weighted by Crippen LogP contribution is 2.11. The van der Waals surface area contributed by atoms with Crippen molar-refractivity contribution >= 4 is 5.95 Å². The number of hydrogen-bond acceptors (Lipinski definition) is 6. The molecule has 24 heavy (non-hydrogen) atoms. The van der Waals surface area contributed by atoms with Gasteiger partial charge < -0.3 is 20.1 Å². The second-order valence-corrected chi connectivity index (χ2v) is 5.68. The molecule has 0 spiro atoms. The molecule has 128 valence electrons. The molecule has 1 aromatic carbocycles. The number of ether oxygens (including phenoxy) is 1. The van der Waals surface area contributed by atoms with Gasteiger partial charge in [-0.15, -0.1) is 0 Å². The van der Waals surface area contributed by atoms with E-state index in [1.165, 1.54) is 6.07 Å². The summed E-state index contributed by atoms with van der Waals surface area (Å²) in [6, 6.07) is 4.85. The zero-order valence-electron chi connectivity index (χ0n) is 13.4. The van der Waals surface area contributed by atoms with Crippen molar-refractivity contribution in [3.05, 3.63) is 53.1 Å². The number of halogens is 1. The normalized spacial score (nSPS) is 14.8. The molecule has 2 aromatic rings. The first-order valence-corrected chi connectivity index (χ1v) is 7.99. The Morgan fingerprint density at radius 3 is 2.50 bits per heavy atom. The van der Waals surface area contributed by atoms with E-state index in [1.54, 1.807) is 24.5 Å². The summed E-state index contributed by atoms with van der Waals surface area (Å²) in [5.74, 6) is 0.346. The average molecular weight is 332 g/mol. The van der Waals surface area contributed by atoms with Crippen LogP contribution in [0.3, 0.4) is 0 Å². The number of aliphatic hydroxyl groups is 1. The minimum absolute atomic E-state index is 0.285. The summed E-state index contributed by atoms with van der Waals surface area (Å²) >= 11 is 0. The summed E-state index contributed by atoms with van der Waals surface area (Å²) < 4.78 is 18.9. The molecule has 0 aliphatic carbocycles. The molecule has 0 saturated carbocycles. The van der Waals surface area contributed by atoms with Crippen LogP contribution in [0.5, 0.6) is 0 Å². The molecule has 1 fully saturated rings. The van der Waals surface area contributed by atoms with E-state index in [2.05, 4.69) is 20.2 Å². The highest BCUT2D eigenvalue weighted by molar-refractivity contribution is 5.30. The van der Waals surface area contributed by atoms with Gasteiger partial charge in [-0.2, -0.15) is 0 Å². The molecule has 0 unspecified atom stereocenters. The molecule has 1 aromatic heterocycles. The predicted molar refractivity (Wildman–Crippen MR) is 87.9 cm³/mol. The van der Waals surface area contributed by atoms with Gasteiger partial charge in [0, 0.05) is 49.7 Å². The lowest BCUT2D eigenvalue weighted by molar-refractivity contribution is 0.122. The highest BCUT2D eigenvalue weighted by Gasteiger charge is 2.13. The van der Waals surface area contributed by atoms with Crippen LogP contribution in [0.1, 0.15) is 16.7 Å². The van der Waals surface area contributed by atoms with Crippen LogP contribution in [0, 0.1) is 5.82 Å². The van der Waals surface area contributed by atoms with Gasteiger partial charge in [0.15, 0.2) is 0 Å². The maximum Gasteiger partial charge on any atom is 0.225 e. The fraction of sp³-hybridized carbons (Fsp3) is 0.412. The van der Waals surface area contributed by atoms with Crippen molar-refractivity contribution in [1.29, 1.82) is 0 Å². The molecule has 0 atom stereocenters. The topological polar surface area (TPSA) is 70.5 Å². The van der Waals surface area contributed by atoms with Crippen LogP contribution < -0.4 is 10.2 Å². The second kappa shape index (κ2) is 8.14. The molecule has 6 nitrogen and oxygen atoms in total. The van der Waals surface area contributed by atoms with Gasteiger partial charge in [0.2, 0.25) is 5.95 Å². The summed E-state index contributed by atoms with van der Waals surface area (Å²) in [5, 5.41) is 12.2. The monoisotopic (exact) mass is 332 g/mol. The molecule has 1 aliphatic heterocycles. The van der Waals surface area contributed by atoms with E-state index in [0.717, 1.165) is 30.2 Å². The number of nitrogens with one attached hydrogen (secondary N) is 1. The van der Waals surface area contributed by atoms with Crippen LogP contribution >= 0.6 is 0 Å². The maximum absolute atomic E-state index is 13.6. The summed E-state index contributed by atoms with van der Waals surface area (Å²) in [6.45, 7) is 3.89. The van der Waals surface area contributed by atoms with Gasteiger partial charge in [0.05, 0.1) is 19.8 Å². The number of benzene rings is 1. The SMILES string of the molecule is OCc1ccc(CNCc2cnc(N3CCOCC3)nc2)cc1F. The standard InChI is InChI=1S/C17H21FN4O2/c18-16-7-13(1-2-15(16)12-23)8-19-9-14-10-20-17(21-11-14)22-3-5-24-6-4-22/h1-2,7,10-11,19,23H,3-6,8-9,12H2. The molecule has 7 heteroatoms. The van der Waals surface area contributed by atoms with Crippen LogP contribution in [0.15, 0.2) is 30.6 Å². The molecule has 1 aliphatic rings. The fourth-order valence-corrected chi connectivity index (χ4v) is 2.55. The second-order valence-electron chi connectivity index (χ2n) is 5.68. The van der Waals surface area contributed by atoms with E-state index in [1.807, 2.05) is 0 Å². The van der Waals surface area contributed by atoms with Crippen molar-refractivity contribution in [3.8, 4) is 0 Å². The van der Waals surface area contributed by atoms with Crippen molar-refractivity contribution in [2.45, 2.75) is 19.7 Å². The number of aliphatic hydroxyl groups excluding tert-OH is 1. The van der Waals surface area contributed by atoms with E-state index in [-0.39, 0.29) is 12.4 Å². The first kappa shape index (κ1) is 16.8. The Morgan fingerprint density at radius 2 is 1.83 bits per heavy atom. The van der Waals surface area contributed by atoms with Gasteiger partial charge in [-0.05, 0) is 11.6 Å². The Bertz CT molecular complexity index is 660. The van der Waals surface area contributed by atoms with Crippen molar-refractivity contribution in [1.82, 2.24) is 15.3 Å². The van der Waals surface area contributed by atoms with Crippen LogP contribution in [0.4, 0.5) is 10.3 Å². The molecule has 2 heterocycles. The maximum atomic E-state index is 13.6. The molecule has 1 saturated heterocycles. The number of rotatable bonds is 6. The smallest absolute Gasteiger partial charge is 0.225 e. The highest BCUT2D eigenvalue weighted by atomic mass is 19.1. The molecule has 0 amide bonds. The molecule has 3 rings (SSSR count).